The van der Waals surface area contributed by atoms with Crippen molar-refractivity contribution in [3.63, 3.8) is 0 Å². The Morgan fingerprint density at radius 2 is 2.04 bits per heavy atom. The number of morpholine rings is 1. The van der Waals surface area contributed by atoms with Crippen LogP contribution in [0, 0.1) is 18.8 Å². The van der Waals surface area contributed by atoms with Gasteiger partial charge in [-0.05, 0) is 12.8 Å². The van der Waals surface area contributed by atoms with Gasteiger partial charge in [0.1, 0.15) is 5.56 Å². The van der Waals surface area contributed by atoms with Crippen LogP contribution in [-0.2, 0) is 4.74 Å². The Morgan fingerprint density at radius 3 is 2.71 bits per heavy atom. The second-order valence-corrected chi connectivity index (χ2v) is 6.72. The van der Waals surface area contributed by atoms with Crippen molar-refractivity contribution in [1.29, 1.82) is 0 Å². The van der Waals surface area contributed by atoms with Crippen molar-refractivity contribution in [3.8, 4) is 0 Å². The standard InChI is InChI=1S/C17H25N3O4/c1-12-6-16(22)15(7-18-12)17(23)20-9-13(14(10-20)11-21)8-19-2-4-24-5-3-19/h6-7,13-14,21H,2-5,8-11H2,1H3,(H,18,22)/t13-,14-/m1/s1. The molecule has 1 aromatic heterocycles. The fraction of sp³-hybridized carbons (Fsp3) is 0.647. The molecule has 24 heavy (non-hydrogen) atoms. The second kappa shape index (κ2) is 7.46. The van der Waals surface area contributed by atoms with Crippen LogP contribution < -0.4 is 5.43 Å². The van der Waals surface area contributed by atoms with E-state index in [0.717, 1.165) is 38.5 Å². The van der Waals surface area contributed by atoms with Crippen LogP contribution in [0.2, 0.25) is 0 Å². The number of carbonyl (C=O) groups is 1. The third-order valence-corrected chi connectivity index (χ3v) is 4.98. The molecule has 3 rings (SSSR count). The molecule has 0 unspecified atom stereocenters. The highest BCUT2D eigenvalue weighted by Gasteiger charge is 2.36. The van der Waals surface area contributed by atoms with Gasteiger partial charge in [0.2, 0.25) is 0 Å². The van der Waals surface area contributed by atoms with E-state index in [1.807, 2.05) is 0 Å². The van der Waals surface area contributed by atoms with Crippen molar-refractivity contribution < 1.29 is 14.6 Å². The molecule has 2 N–H and O–H groups in total. The number of hydrogen-bond donors (Lipinski definition) is 2. The number of aromatic amines is 1. The first kappa shape index (κ1) is 17.1. The molecule has 2 atom stereocenters. The minimum Gasteiger partial charge on any atom is -0.396 e. The smallest absolute Gasteiger partial charge is 0.259 e. The molecule has 7 heteroatoms. The Morgan fingerprint density at radius 1 is 1.33 bits per heavy atom. The van der Waals surface area contributed by atoms with Crippen molar-refractivity contribution >= 4 is 5.91 Å². The van der Waals surface area contributed by atoms with Crippen LogP contribution in [0.25, 0.3) is 0 Å². The number of nitrogens with one attached hydrogen (secondary N) is 1. The number of rotatable bonds is 4. The lowest BCUT2D eigenvalue weighted by Gasteiger charge is -2.30. The lowest BCUT2D eigenvalue weighted by atomic mass is 9.96. The second-order valence-electron chi connectivity index (χ2n) is 6.72. The predicted molar refractivity (Wildman–Crippen MR) is 89.0 cm³/mol. The largest absolute Gasteiger partial charge is 0.396 e. The summed E-state index contributed by atoms with van der Waals surface area (Å²) in [6.07, 6.45) is 1.49. The maximum absolute atomic E-state index is 12.7. The number of nitrogens with zero attached hydrogens (tertiary/aromatic N) is 2. The SMILES string of the molecule is Cc1cc(=O)c(C(=O)N2C[C@@H](CN3CCOCC3)[C@@H](CO)C2)c[nH]1. The lowest BCUT2D eigenvalue weighted by molar-refractivity contribution is 0.0264. The van der Waals surface area contributed by atoms with Crippen LogP contribution in [-0.4, -0.2) is 78.3 Å². The molecule has 2 aliphatic heterocycles. The average Bonchev–Trinajstić information content (AvgIpc) is 2.98. The highest BCUT2D eigenvalue weighted by atomic mass is 16.5. The predicted octanol–water partition coefficient (Wildman–Crippen LogP) is -0.304. The number of amides is 1. The minimum atomic E-state index is -0.256. The Bertz CT molecular complexity index is 639. The van der Waals surface area contributed by atoms with E-state index < -0.39 is 0 Å². The molecule has 2 aliphatic rings. The number of H-pyrrole nitrogens is 1. The van der Waals surface area contributed by atoms with Crippen LogP contribution in [0.1, 0.15) is 16.1 Å². The number of hydrogen-bond acceptors (Lipinski definition) is 5. The summed E-state index contributed by atoms with van der Waals surface area (Å²) in [5.74, 6) is 0.0297. The van der Waals surface area contributed by atoms with Crippen LogP contribution in [0.4, 0.5) is 0 Å². The van der Waals surface area contributed by atoms with E-state index in [1.54, 1.807) is 11.8 Å². The number of aliphatic hydroxyl groups excluding tert-OH is 1. The number of aryl methyl sites for hydroxylation is 1. The fourth-order valence-electron chi connectivity index (χ4n) is 3.54. The molecule has 1 aromatic rings. The van der Waals surface area contributed by atoms with E-state index in [1.165, 1.54) is 12.3 Å². The van der Waals surface area contributed by atoms with Crippen molar-refractivity contribution in [2.45, 2.75) is 6.92 Å². The molecule has 2 fully saturated rings. The summed E-state index contributed by atoms with van der Waals surface area (Å²) in [5, 5.41) is 9.68. The molecular formula is C17H25N3O4. The van der Waals surface area contributed by atoms with E-state index in [0.29, 0.717) is 13.1 Å². The van der Waals surface area contributed by atoms with Crippen molar-refractivity contribution in [2.75, 3.05) is 52.5 Å². The third-order valence-electron chi connectivity index (χ3n) is 4.98. The maximum atomic E-state index is 12.7. The molecule has 2 saturated heterocycles. The summed E-state index contributed by atoms with van der Waals surface area (Å²) in [6, 6.07) is 1.44. The number of ether oxygens (including phenoxy) is 1. The Hall–Kier alpha value is -1.70. The van der Waals surface area contributed by atoms with Gasteiger partial charge in [0.25, 0.3) is 5.91 Å². The van der Waals surface area contributed by atoms with Crippen LogP contribution >= 0.6 is 0 Å². The van der Waals surface area contributed by atoms with Gasteiger partial charge in [0.05, 0.1) is 13.2 Å². The molecule has 3 heterocycles. The zero-order valence-electron chi connectivity index (χ0n) is 14.0. The van der Waals surface area contributed by atoms with Crippen LogP contribution in [0.5, 0.6) is 0 Å². The summed E-state index contributed by atoms with van der Waals surface area (Å²) in [5.41, 5.74) is 0.647. The topological polar surface area (TPSA) is 85.9 Å². The number of aliphatic hydroxyl groups is 1. The van der Waals surface area contributed by atoms with Crippen molar-refractivity contribution in [2.24, 2.45) is 11.8 Å². The van der Waals surface area contributed by atoms with Crippen LogP contribution in [0.3, 0.4) is 0 Å². The first-order chi connectivity index (χ1) is 11.6. The molecule has 132 valence electrons. The van der Waals surface area contributed by atoms with E-state index in [-0.39, 0.29) is 35.3 Å². The Labute approximate surface area is 141 Å². The van der Waals surface area contributed by atoms with Gasteiger partial charge in [-0.3, -0.25) is 14.5 Å². The molecule has 7 nitrogen and oxygen atoms in total. The van der Waals surface area contributed by atoms with Gasteiger partial charge in [-0.2, -0.15) is 0 Å². The first-order valence-electron chi connectivity index (χ1n) is 8.48. The van der Waals surface area contributed by atoms with Gasteiger partial charge in [-0.1, -0.05) is 0 Å². The summed E-state index contributed by atoms with van der Waals surface area (Å²) in [6.45, 7) is 7.01. The fourth-order valence-corrected chi connectivity index (χ4v) is 3.54. The first-order valence-corrected chi connectivity index (χ1v) is 8.48. The zero-order valence-corrected chi connectivity index (χ0v) is 14.0. The monoisotopic (exact) mass is 335 g/mol. The molecule has 0 spiro atoms. The highest BCUT2D eigenvalue weighted by Crippen LogP contribution is 2.25. The van der Waals surface area contributed by atoms with Crippen molar-refractivity contribution in [3.05, 3.63) is 33.7 Å². The third kappa shape index (κ3) is 3.68. The molecule has 0 aromatic carbocycles. The lowest BCUT2D eigenvalue weighted by Crippen LogP contribution is -2.41. The van der Waals surface area contributed by atoms with E-state index >= 15 is 0 Å². The number of pyridine rings is 1. The van der Waals surface area contributed by atoms with Gasteiger partial charge >= 0.3 is 0 Å². The van der Waals surface area contributed by atoms with Crippen LogP contribution in [0.15, 0.2) is 17.1 Å². The minimum absolute atomic E-state index is 0.0568. The number of likely N-dealkylation sites (tertiary alicyclic amines) is 1. The van der Waals surface area contributed by atoms with Crippen molar-refractivity contribution in [1.82, 2.24) is 14.8 Å². The molecule has 0 aliphatic carbocycles. The van der Waals surface area contributed by atoms with E-state index in [4.69, 9.17) is 4.74 Å². The number of aromatic nitrogens is 1. The zero-order chi connectivity index (χ0) is 17.1. The summed E-state index contributed by atoms with van der Waals surface area (Å²) >= 11 is 0. The highest BCUT2D eigenvalue weighted by molar-refractivity contribution is 5.94. The summed E-state index contributed by atoms with van der Waals surface area (Å²) < 4.78 is 5.36. The van der Waals surface area contributed by atoms with Gasteiger partial charge in [0, 0.05) is 63.2 Å². The summed E-state index contributed by atoms with van der Waals surface area (Å²) in [7, 11) is 0. The molecule has 1 amide bonds. The maximum Gasteiger partial charge on any atom is 0.259 e. The Kier molecular flexibility index (Phi) is 5.33. The van der Waals surface area contributed by atoms with Gasteiger partial charge in [-0.15, -0.1) is 0 Å². The molecule has 0 bridgehead atoms. The van der Waals surface area contributed by atoms with E-state index in [2.05, 4.69) is 9.88 Å². The molecular weight excluding hydrogens is 310 g/mol. The quantitative estimate of drug-likeness (QED) is 0.789. The van der Waals surface area contributed by atoms with Gasteiger partial charge in [0.15, 0.2) is 5.43 Å². The average molecular weight is 335 g/mol. The normalized spacial score (nSPS) is 25.2. The van der Waals surface area contributed by atoms with Gasteiger partial charge < -0.3 is 19.7 Å². The summed E-state index contributed by atoms with van der Waals surface area (Å²) in [4.78, 5) is 31.7. The molecule has 0 radical (unpaired) electrons. The Balaban J connectivity index is 1.68. The molecule has 0 saturated carbocycles. The van der Waals surface area contributed by atoms with Gasteiger partial charge in [-0.25, -0.2) is 0 Å². The number of carbonyl (C=O) groups excluding carboxylic acids is 1. The van der Waals surface area contributed by atoms with E-state index in [9.17, 15) is 14.7 Å².